The van der Waals surface area contributed by atoms with Crippen LogP contribution >= 0.6 is 11.6 Å². The number of hydrogen-bond acceptors (Lipinski definition) is 7. The number of hydrogen-bond donors (Lipinski definition) is 2. The molecule has 168 valence electrons. The van der Waals surface area contributed by atoms with E-state index in [2.05, 4.69) is 25.6 Å². The van der Waals surface area contributed by atoms with Gasteiger partial charge in [-0.15, -0.1) is 11.6 Å². The average Bonchev–Trinajstić information content (AvgIpc) is 2.77. The molecule has 1 atom stereocenters. The summed E-state index contributed by atoms with van der Waals surface area (Å²) in [5.41, 5.74) is -0.616. The molecule has 1 aliphatic heterocycles. The maximum absolute atomic E-state index is 13.4. The van der Waals surface area contributed by atoms with Gasteiger partial charge in [-0.05, 0) is 18.6 Å². The Bertz CT molecular complexity index is 920. The van der Waals surface area contributed by atoms with Gasteiger partial charge in [-0.25, -0.2) is 0 Å². The van der Waals surface area contributed by atoms with Gasteiger partial charge in [0.05, 0.1) is 11.6 Å². The van der Waals surface area contributed by atoms with E-state index in [-0.39, 0.29) is 29.2 Å². The van der Waals surface area contributed by atoms with Crippen LogP contribution < -0.4 is 15.5 Å². The van der Waals surface area contributed by atoms with Crippen LogP contribution in [0.1, 0.15) is 24.1 Å². The predicted molar refractivity (Wildman–Crippen MR) is 112 cm³/mol. The van der Waals surface area contributed by atoms with Crippen molar-refractivity contribution >= 4 is 35.4 Å². The van der Waals surface area contributed by atoms with Crippen LogP contribution in [0.5, 0.6) is 0 Å². The molecule has 31 heavy (non-hydrogen) atoms. The van der Waals surface area contributed by atoms with E-state index < -0.39 is 17.8 Å². The Balaban J connectivity index is 1.80. The molecule has 3 rings (SSSR count). The number of alkyl halides is 4. The predicted octanol–water partition coefficient (Wildman–Crippen LogP) is 2.99. The fourth-order valence-electron chi connectivity index (χ4n) is 3.33. The summed E-state index contributed by atoms with van der Waals surface area (Å²) in [5, 5.41) is 5.79. The fraction of sp³-hybridized carbons (Fsp3) is 0.474. The van der Waals surface area contributed by atoms with Crippen LogP contribution in [0.3, 0.4) is 0 Å². The van der Waals surface area contributed by atoms with Crippen molar-refractivity contribution in [2.24, 2.45) is 0 Å². The second-order valence-electron chi connectivity index (χ2n) is 6.99. The van der Waals surface area contributed by atoms with Gasteiger partial charge in [-0.3, -0.25) is 4.79 Å². The molecule has 1 saturated heterocycles. The van der Waals surface area contributed by atoms with Gasteiger partial charge in [0.2, 0.25) is 23.8 Å². The lowest BCUT2D eigenvalue weighted by Crippen LogP contribution is -2.49. The average molecular weight is 458 g/mol. The molecule has 1 fully saturated rings. The Labute approximate surface area is 182 Å². The van der Waals surface area contributed by atoms with Gasteiger partial charge in [-0.1, -0.05) is 18.2 Å². The van der Waals surface area contributed by atoms with Gasteiger partial charge in [-0.2, -0.15) is 28.1 Å². The lowest BCUT2D eigenvalue weighted by Gasteiger charge is -2.34. The first-order valence-corrected chi connectivity index (χ1v) is 10.2. The molecule has 1 aliphatic rings. The quantitative estimate of drug-likeness (QED) is 0.645. The highest BCUT2D eigenvalue weighted by molar-refractivity contribution is 6.27. The number of aromatic nitrogens is 3. The van der Waals surface area contributed by atoms with E-state index in [1.807, 2.05) is 4.90 Å². The monoisotopic (exact) mass is 457 g/mol. The third kappa shape index (κ3) is 5.46. The Hall–Kier alpha value is -2.82. The third-order valence-corrected chi connectivity index (χ3v) is 5.18. The Morgan fingerprint density at radius 2 is 1.77 bits per heavy atom. The van der Waals surface area contributed by atoms with Crippen molar-refractivity contribution in [3.63, 3.8) is 0 Å². The molecular formula is C19H23ClF3N7O. The number of benzene rings is 1. The molecule has 1 aromatic carbocycles. The standard InChI is InChI=1S/C19H23ClF3N7O/c1-12(13-5-3-4-6-14(13)19(21,22)23)25-17-26-16(24-2)27-18(28-17)30-9-7-29(8-10-30)15(31)11-20/h3-6,12H,7-11H2,1-2H3,(H2,24,25,26,27,28). The van der Waals surface area contributed by atoms with E-state index in [0.717, 1.165) is 6.07 Å². The second-order valence-corrected chi connectivity index (χ2v) is 7.25. The summed E-state index contributed by atoms with van der Waals surface area (Å²) >= 11 is 5.61. The summed E-state index contributed by atoms with van der Waals surface area (Å²) in [6, 6.07) is 4.69. The molecule has 0 bridgehead atoms. The fourth-order valence-corrected chi connectivity index (χ4v) is 3.50. The van der Waals surface area contributed by atoms with Crippen LogP contribution in [0.2, 0.25) is 0 Å². The van der Waals surface area contributed by atoms with E-state index in [1.54, 1.807) is 24.9 Å². The van der Waals surface area contributed by atoms with E-state index in [0.29, 0.717) is 32.1 Å². The number of rotatable bonds is 6. The zero-order valence-corrected chi connectivity index (χ0v) is 17.8. The summed E-state index contributed by atoms with van der Waals surface area (Å²) in [7, 11) is 1.64. The minimum absolute atomic E-state index is 0.0684. The number of amides is 1. The largest absolute Gasteiger partial charge is 0.416 e. The number of nitrogens with one attached hydrogen (secondary N) is 2. The first-order chi connectivity index (χ1) is 14.7. The van der Waals surface area contributed by atoms with Gasteiger partial charge in [0.1, 0.15) is 5.88 Å². The molecule has 0 saturated carbocycles. The molecule has 8 nitrogen and oxygen atoms in total. The maximum atomic E-state index is 13.4. The topological polar surface area (TPSA) is 86.3 Å². The van der Waals surface area contributed by atoms with Gasteiger partial charge in [0.25, 0.3) is 0 Å². The van der Waals surface area contributed by atoms with Gasteiger partial charge in [0.15, 0.2) is 0 Å². The van der Waals surface area contributed by atoms with Crippen molar-refractivity contribution in [2.75, 3.05) is 54.6 Å². The lowest BCUT2D eigenvalue weighted by atomic mass is 10.0. The second kappa shape index (κ2) is 9.54. The summed E-state index contributed by atoms with van der Waals surface area (Å²) in [6.07, 6.45) is -4.47. The van der Waals surface area contributed by atoms with Gasteiger partial charge >= 0.3 is 6.18 Å². The zero-order valence-electron chi connectivity index (χ0n) is 17.1. The molecule has 2 heterocycles. The number of anilines is 3. The number of nitrogens with zero attached hydrogens (tertiary/aromatic N) is 5. The van der Waals surface area contributed by atoms with Crippen molar-refractivity contribution in [1.82, 2.24) is 19.9 Å². The number of piperazine rings is 1. The Kier molecular flexibility index (Phi) is 7.04. The van der Waals surface area contributed by atoms with Crippen LogP contribution in [-0.2, 0) is 11.0 Å². The zero-order chi connectivity index (χ0) is 22.6. The molecule has 0 spiro atoms. The Morgan fingerprint density at radius 1 is 1.13 bits per heavy atom. The maximum Gasteiger partial charge on any atom is 0.416 e. The van der Waals surface area contributed by atoms with Crippen molar-refractivity contribution in [3.8, 4) is 0 Å². The summed E-state index contributed by atoms with van der Waals surface area (Å²) in [4.78, 5) is 28.3. The SMILES string of the molecule is CNc1nc(NC(C)c2ccccc2C(F)(F)F)nc(N2CCN(C(=O)CCl)CC2)n1. The summed E-state index contributed by atoms with van der Waals surface area (Å²) in [5.74, 6) is 0.603. The smallest absolute Gasteiger partial charge is 0.357 e. The van der Waals surface area contributed by atoms with E-state index in [9.17, 15) is 18.0 Å². The van der Waals surface area contributed by atoms with Crippen molar-refractivity contribution < 1.29 is 18.0 Å². The highest BCUT2D eigenvalue weighted by Gasteiger charge is 2.34. The van der Waals surface area contributed by atoms with Crippen LogP contribution in [0.25, 0.3) is 0 Å². The third-order valence-electron chi connectivity index (χ3n) is 4.96. The van der Waals surface area contributed by atoms with Crippen LogP contribution in [0.15, 0.2) is 24.3 Å². The number of halogens is 4. The highest BCUT2D eigenvalue weighted by atomic mass is 35.5. The van der Waals surface area contributed by atoms with Gasteiger partial charge < -0.3 is 20.4 Å². The first-order valence-electron chi connectivity index (χ1n) is 9.68. The molecule has 2 N–H and O–H groups in total. The van der Waals surface area contributed by atoms with E-state index >= 15 is 0 Å². The first kappa shape index (κ1) is 22.9. The molecule has 12 heteroatoms. The minimum atomic E-state index is -4.47. The molecule has 2 aromatic rings. The van der Waals surface area contributed by atoms with E-state index in [1.165, 1.54) is 12.1 Å². The van der Waals surface area contributed by atoms with Crippen molar-refractivity contribution in [3.05, 3.63) is 35.4 Å². The van der Waals surface area contributed by atoms with Crippen LogP contribution in [-0.4, -0.2) is 64.9 Å². The normalized spacial score (nSPS) is 15.5. The molecule has 1 unspecified atom stereocenters. The van der Waals surface area contributed by atoms with Crippen molar-refractivity contribution in [2.45, 2.75) is 19.1 Å². The molecular weight excluding hydrogens is 435 g/mol. The number of carbonyl (C=O) groups is 1. The van der Waals surface area contributed by atoms with Crippen LogP contribution in [0, 0.1) is 0 Å². The summed E-state index contributed by atoms with van der Waals surface area (Å²) < 4.78 is 40.1. The van der Waals surface area contributed by atoms with Crippen molar-refractivity contribution in [1.29, 1.82) is 0 Å². The Morgan fingerprint density at radius 3 is 2.39 bits per heavy atom. The summed E-state index contributed by atoms with van der Waals surface area (Å²) in [6.45, 7) is 3.57. The molecule has 0 radical (unpaired) electrons. The number of carbonyl (C=O) groups excluding carboxylic acids is 1. The molecule has 0 aliphatic carbocycles. The molecule has 1 aromatic heterocycles. The van der Waals surface area contributed by atoms with E-state index in [4.69, 9.17) is 11.6 Å². The molecule has 1 amide bonds. The minimum Gasteiger partial charge on any atom is -0.357 e. The van der Waals surface area contributed by atoms with Crippen LogP contribution in [0.4, 0.5) is 31.0 Å². The lowest BCUT2D eigenvalue weighted by molar-refractivity contribution is -0.138. The van der Waals surface area contributed by atoms with Gasteiger partial charge in [0, 0.05) is 33.2 Å². The highest BCUT2D eigenvalue weighted by Crippen LogP contribution is 2.35.